The van der Waals surface area contributed by atoms with Crippen LogP contribution < -0.4 is 15.4 Å². The normalized spacial score (nSPS) is 11.3. The molecule has 3 rings (SSSR count). The molecule has 0 saturated carbocycles. The Balaban J connectivity index is 1.56. The second-order valence-corrected chi connectivity index (χ2v) is 6.74. The molecule has 0 amide bonds. The Morgan fingerprint density at radius 1 is 1.07 bits per heavy atom. The van der Waals surface area contributed by atoms with E-state index in [2.05, 4.69) is 55.5 Å². The van der Waals surface area contributed by atoms with Gasteiger partial charge in [-0.1, -0.05) is 42.5 Å². The van der Waals surface area contributed by atoms with Crippen molar-refractivity contribution in [1.82, 2.24) is 20.2 Å². The standard InChI is InChI=1S/C23H29N5O/c1-4-29-22-11-6-5-10-21(22)16-27-23(24-3)26-15-19-8-7-9-20(14-19)17-28-13-12-25-18(28)2/h5-14H,4,15-17H2,1-3H3,(H2,24,26,27). The fourth-order valence-electron chi connectivity index (χ4n) is 3.14. The Hall–Kier alpha value is -3.28. The highest BCUT2D eigenvalue weighted by atomic mass is 16.5. The third kappa shape index (κ3) is 5.85. The van der Waals surface area contributed by atoms with Gasteiger partial charge in [0.25, 0.3) is 0 Å². The topological polar surface area (TPSA) is 63.5 Å². The van der Waals surface area contributed by atoms with E-state index in [1.54, 1.807) is 7.05 Å². The average Bonchev–Trinajstić information content (AvgIpc) is 3.14. The summed E-state index contributed by atoms with van der Waals surface area (Å²) in [6, 6.07) is 16.6. The van der Waals surface area contributed by atoms with Crippen molar-refractivity contribution in [2.24, 2.45) is 4.99 Å². The first kappa shape index (κ1) is 20.5. The number of para-hydroxylation sites is 1. The lowest BCUT2D eigenvalue weighted by atomic mass is 10.1. The highest BCUT2D eigenvalue weighted by Crippen LogP contribution is 2.17. The summed E-state index contributed by atoms with van der Waals surface area (Å²) < 4.78 is 7.83. The Labute approximate surface area is 172 Å². The molecule has 0 aliphatic heterocycles. The molecule has 0 radical (unpaired) electrons. The monoisotopic (exact) mass is 391 g/mol. The summed E-state index contributed by atoms with van der Waals surface area (Å²) in [7, 11) is 1.78. The van der Waals surface area contributed by atoms with Gasteiger partial charge >= 0.3 is 0 Å². The van der Waals surface area contributed by atoms with Gasteiger partial charge in [-0.3, -0.25) is 4.99 Å². The summed E-state index contributed by atoms with van der Waals surface area (Å²) in [5.41, 5.74) is 3.56. The first-order chi connectivity index (χ1) is 14.2. The van der Waals surface area contributed by atoms with Gasteiger partial charge in [0.15, 0.2) is 5.96 Å². The number of rotatable bonds is 8. The molecule has 1 aromatic heterocycles. The number of aliphatic imine (C=N–C) groups is 1. The first-order valence-electron chi connectivity index (χ1n) is 9.90. The molecule has 152 valence electrons. The largest absolute Gasteiger partial charge is 0.494 e. The van der Waals surface area contributed by atoms with Crippen molar-refractivity contribution >= 4 is 5.96 Å². The van der Waals surface area contributed by atoms with Gasteiger partial charge in [-0.2, -0.15) is 0 Å². The maximum atomic E-state index is 5.69. The molecular formula is C23H29N5O. The maximum Gasteiger partial charge on any atom is 0.191 e. The summed E-state index contributed by atoms with van der Waals surface area (Å²) in [5.74, 6) is 2.68. The van der Waals surface area contributed by atoms with Gasteiger partial charge in [0, 0.05) is 44.6 Å². The molecule has 0 unspecified atom stereocenters. The van der Waals surface area contributed by atoms with Crippen molar-refractivity contribution in [2.45, 2.75) is 33.5 Å². The van der Waals surface area contributed by atoms with Crippen LogP contribution >= 0.6 is 0 Å². The van der Waals surface area contributed by atoms with Crippen molar-refractivity contribution in [3.8, 4) is 5.75 Å². The van der Waals surface area contributed by atoms with E-state index in [9.17, 15) is 0 Å². The maximum absolute atomic E-state index is 5.69. The van der Waals surface area contributed by atoms with Gasteiger partial charge in [-0.25, -0.2) is 4.98 Å². The lowest BCUT2D eigenvalue weighted by Gasteiger charge is -2.15. The van der Waals surface area contributed by atoms with Gasteiger partial charge in [0.05, 0.1) is 6.61 Å². The lowest BCUT2D eigenvalue weighted by Crippen LogP contribution is -2.36. The van der Waals surface area contributed by atoms with E-state index >= 15 is 0 Å². The molecule has 6 nitrogen and oxygen atoms in total. The Kier molecular flexibility index (Phi) is 7.28. The third-order valence-electron chi connectivity index (χ3n) is 4.67. The predicted molar refractivity (Wildman–Crippen MR) is 117 cm³/mol. The summed E-state index contributed by atoms with van der Waals surface area (Å²) in [4.78, 5) is 8.62. The van der Waals surface area contributed by atoms with E-state index in [0.29, 0.717) is 19.7 Å². The van der Waals surface area contributed by atoms with Gasteiger partial charge in [0.1, 0.15) is 11.6 Å². The number of ether oxygens (including phenoxy) is 1. The van der Waals surface area contributed by atoms with Crippen LogP contribution in [-0.4, -0.2) is 29.2 Å². The minimum absolute atomic E-state index is 0.649. The average molecular weight is 392 g/mol. The number of nitrogens with one attached hydrogen (secondary N) is 2. The second-order valence-electron chi connectivity index (χ2n) is 6.74. The molecule has 0 aliphatic rings. The summed E-state index contributed by atoms with van der Waals surface area (Å²) in [5, 5.41) is 6.74. The summed E-state index contributed by atoms with van der Waals surface area (Å²) in [6.45, 7) is 6.83. The van der Waals surface area contributed by atoms with Crippen LogP contribution in [0.15, 0.2) is 65.9 Å². The van der Waals surface area contributed by atoms with Gasteiger partial charge < -0.3 is 19.9 Å². The van der Waals surface area contributed by atoms with Crippen LogP contribution in [0.2, 0.25) is 0 Å². The van der Waals surface area contributed by atoms with Gasteiger partial charge in [0.2, 0.25) is 0 Å². The zero-order chi connectivity index (χ0) is 20.5. The predicted octanol–water partition coefficient (Wildman–Crippen LogP) is 3.50. The molecule has 0 saturated heterocycles. The molecule has 1 heterocycles. The third-order valence-corrected chi connectivity index (χ3v) is 4.67. The lowest BCUT2D eigenvalue weighted by molar-refractivity contribution is 0.336. The fraction of sp³-hybridized carbons (Fsp3) is 0.304. The SMILES string of the molecule is CCOc1ccccc1CNC(=NC)NCc1cccc(Cn2ccnc2C)c1. The highest BCUT2D eigenvalue weighted by molar-refractivity contribution is 5.79. The second kappa shape index (κ2) is 10.3. The van der Waals surface area contributed by atoms with Crippen LogP contribution in [0.1, 0.15) is 29.4 Å². The van der Waals surface area contributed by atoms with Gasteiger partial charge in [-0.15, -0.1) is 0 Å². The van der Waals surface area contributed by atoms with Crippen molar-refractivity contribution in [3.63, 3.8) is 0 Å². The van der Waals surface area contributed by atoms with Gasteiger partial charge in [-0.05, 0) is 31.0 Å². The summed E-state index contributed by atoms with van der Waals surface area (Å²) in [6.07, 6.45) is 3.84. The molecular weight excluding hydrogens is 362 g/mol. The quantitative estimate of drug-likeness (QED) is 0.456. The van der Waals surface area contributed by atoms with Crippen molar-refractivity contribution < 1.29 is 4.74 Å². The van der Waals surface area contributed by atoms with Crippen LogP contribution in [0.5, 0.6) is 5.75 Å². The zero-order valence-electron chi connectivity index (χ0n) is 17.4. The number of nitrogens with zero attached hydrogens (tertiary/aromatic N) is 3. The molecule has 29 heavy (non-hydrogen) atoms. The van der Waals surface area contributed by atoms with Crippen LogP contribution in [0.25, 0.3) is 0 Å². The fourth-order valence-corrected chi connectivity index (χ4v) is 3.14. The molecule has 0 fully saturated rings. The smallest absolute Gasteiger partial charge is 0.191 e. The first-order valence-corrected chi connectivity index (χ1v) is 9.90. The Bertz CT molecular complexity index is 948. The molecule has 2 N–H and O–H groups in total. The van der Waals surface area contributed by atoms with E-state index in [0.717, 1.165) is 29.6 Å². The van der Waals surface area contributed by atoms with Crippen molar-refractivity contribution in [1.29, 1.82) is 0 Å². The van der Waals surface area contributed by atoms with E-state index in [-0.39, 0.29) is 0 Å². The van der Waals surface area contributed by atoms with E-state index in [1.165, 1.54) is 11.1 Å². The molecule has 3 aromatic rings. The van der Waals surface area contributed by atoms with Crippen LogP contribution in [-0.2, 0) is 19.6 Å². The molecule has 0 atom stereocenters. The van der Waals surface area contributed by atoms with E-state index in [1.807, 2.05) is 44.4 Å². The van der Waals surface area contributed by atoms with E-state index < -0.39 is 0 Å². The Morgan fingerprint density at radius 3 is 2.62 bits per heavy atom. The molecule has 0 aliphatic carbocycles. The van der Waals surface area contributed by atoms with Crippen molar-refractivity contribution in [3.05, 3.63) is 83.4 Å². The van der Waals surface area contributed by atoms with Crippen LogP contribution in [0, 0.1) is 6.92 Å². The number of hydrogen-bond acceptors (Lipinski definition) is 3. The molecule has 6 heteroatoms. The number of aryl methyl sites for hydroxylation is 1. The Morgan fingerprint density at radius 2 is 1.86 bits per heavy atom. The summed E-state index contributed by atoms with van der Waals surface area (Å²) >= 11 is 0. The van der Waals surface area contributed by atoms with Crippen molar-refractivity contribution in [2.75, 3.05) is 13.7 Å². The number of guanidine groups is 1. The zero-order valence-corrected chi connectivity index (χ0v) is 17.4. The van der Waals surface area contributed by atoms with Crippen LogP contribution in [0.4, 0.5) is 0 Å². The number of benzene rings is 2. The highest BCUT2D eigenvalue weighted by Gasteiger charge is 2.05. The van der Waals surface area contributed by atoms with Crippen LogP contribution in [0.3, 0.4) is 0 Å². The van der Waals surface area contributed by atoms with E-state index in [4.69, 9.17) is 4.74 Å². The molecule has 0 bridgehead atoms. The number of imidazole rings is 1. The number of hydrogen-bond donors (Lipinski definition) is 2. The number of aromatic nitrogens is 2. The molecule has 0 spiro atoms. The minimum Gasteiger partial charge on any atom is -0.494 e. The minimum atomic E-state index is 0.649. The molecule has 2 aromatic carbocycles.